The van der Waals surface area contributed by atoms with Crippen LogP contribution in [0, 0.1) is 0 Å². The second kappa shape index (κ2) is 10.4. The molecule has 0 aliphatic carbocycles. The van der Waals surface area contributed by atoms with E-state index in [1.165, 1.54) is 12.2 Å². The fraction of sp³-hybridized carbons (Fsp3) is 0.333. The first-order valence-corrected chi connectivity index (χ1v) is 10.7. The minimum atomic E-state index is -0.245. The largest absolute Gasteiger partial charge is 0.492 e. The van der Waals surface area contributed by atoms with Crippen LogP contribution in [0.4, 0.5) is 5.69 Å². The Labute approximate surface area is 187 Å². The quantitative estimate of drug-likeness (QED) is 0.506. The van der Waals surface area contributed by atoms with Gasteiger partial charge in [0.05, 0.1) is 31.7 Å². The number of carbonyl (C=O) groups excluding carboxylic acids is 1. The van der Waals surface area contributed by atoms with Gasteiger partial charge in [-0.3, -0.25) is 19.2 Å². The van der Waals surface area contributed by atoms with Crippen LogP contribution >= 0.6 is 0 Å². The number of hydrogen-bond donors (Lipinski definition) is 0. The van der Waals surface area contributed by atoms with Crippen molar-refractivity contribution in [3.8, 4) is 17.0 Å². The highest BCUT2D eigenvalue weighted by atomic mass is 16.7. The fourth-order valence-corrected chi connectivity index (χ4v) is 3.72. The first-order valence-electron chi connectivity index (χ1n) is 10.7. The lowest BCUT2D eigenvalue weighted by molar-refractivity contribution is 0.0323. The van der Waals surface area contributed by atoms with Crippen LogP contribution in [-0.2, 0) is 16.6 Å². The lowest BCUT2D eigenvalue weighted by Crippen LogP contribution is -2.38. The number of carbonyl (C=O) groups is 1. The Bertz CT molecular complexity index is 1030. The van der Waals surface area contributed by atoms with Crippen molar-refractivity contribution in [1.29, 1.82) is 0 Å². The summed E-state index contributed by atoms with van der Waals surface area (Å²) in [4.78, 5) is 20.8. The zero-order chi connectivity index (χ0) is 22.3. The van der Waals surface area contributed by atoms with E-state index < -0.39 is 0 Å². The molecule has 1 aromatic heterocycles. The highest BCUT2D eigenvalue weighted by Crippen LogP contribution is 2.34. The maximum atomic E-state index is 13.0. The molecule has 1 amide bonds. The third-order valence-corrected chi connectivity index (χ3v) is 5.45. The lowest BCUT2D eigenvalue weighted by Gasteiger charge is -2.26. The van der Waals surface area contributed by atoms with Gasteiger partial charge in [-0.2, -0.15) is 10.2 Å². The van der Waals surface area contributed by atoms with Gasteiger partial charge in [0.1, 0.15) is 12.4 Å². The Morgan fingerprint density at radius 2 is 1.91 bits per heavy atom. The first-order chi connectivity index (χ1) is 15.7. The van der Waals surface area contributed by atoms with E-state index in [2.05, 4.69) is 10.00 Å². The summed E-state index contributed by atoms with van der Waals surface area (Å²) in [7, 11) is 3.36. The second-order valence-corrected chi connectivity index (χ2v) is 7.47. The summed E-state index contributed by atoms with van der Waals surface area (Å²) in [6, 6.07) is 16.6. The molecule has 8 nitrogen and oxygen atoms in total. The molecule has 0 unspecified atom stereocenters. The van der Waals surface area contributed by atoms with Crippen molar-refractivity contribution >= 4 is 11.6 Å². The van der Waals surface area contributed by atoms with E-state index in [0.717, 1.165) is 49.9 Å². The number of aryl methyl sites for hydroxylation is 1. The van der Waals surface area contributed by atoms with E-state index in [1.54, 1.807) is 23.0 Å². The Morgan fingerprint density at radius 1 is 1.12 bits per heavy atom. The molecule has 0 spiro atoms. The Morgan fingerprint density at radius 3 is 2.59 bits per heavy atom. The van der Waals surface area contributed by atoms with Crippen LogP contribution in [0.25, 0.3) is 11.3 Å². The molecular formula is C24H28N4O4. The maximum absolute atomic E-state index is 13.0. The molecule has 0 radical (unpaired) electrons. The van der Waals surface area contributed by atoms with Crippen molar-refractivity contribution < 1.29 is 19.1 Å². The van der Waals surface area contributed by atoms with Gasteiger partial charge in [0, 0.05) is 44.0 Å². The van der Waals surface area contributed by atoms with Crippen LogP contribution in [0.2, 0.25) is 0 Å². The zero-order valence-corrected chi connectivity index (χ0v) is 18.4. The Kier molecular flexibility index (Phi) is 7.16. The molecule has 2 heterocycles. The molecule has 0 N–H and O–H groups in total. The number of aromatic nitrogens is 2. The number of hydrogen-bond acceptors (Lipinski definition) is 6. The van der Waals surface area contributed by atoms with Gasteiger partial charge in [-0.05, 0) is 36.4 Å². The molecular weight excluding hydrogens is 408 g/mol. The third kappa shape index (κ3) is 4.99. The lowest BCUT2D eigenvalue weighted by atomic mass is 10.1. The average Bonchev–Trinajstić information content (AvgIpc) is 3.27. The van der Waals surface area contributed by atoms with Gasteiger partial charge in [0.2, 0.25) is 0 Å². The van der Waals surface area contributed by atoms with E-state index in [0.29, 0.717) is 17.9 Å². The number of nitrogens with zero attached hydrogens (tertiary/aromatic N) is 4. The number of rotatable bonds is 8. The fourth-order valence-electron chi connectivity index (χ4n) is 3.72. The van der Waals surface area contributed by atoms with Gasteiger partial charge < -0.3 is 9.47 Å². The normalized spacial score (nSPS) is 14.3. The molecule has 1 aliphatic rings. The number of amides is 1. The Balaban J connectivity index is 1.59. The summed E-state index contributed by atoms with van der Waals surface area (Å²) in [5.74, 6) is 0.485. The van der Waals surface area contributed by atoms with Gasteiger partial charge in [0.25, 0.3) is 5.91 Å². The van der Waals surface area contributed by atoms with Crippen LogP contribution in [0.5, 0.6) is 5.75 Å². The zero-order valence-electron chi connectivity index (χ0n) is 18.4. The molecule has 2 aromatic carbocycles. The smallest absolute Gasteiger partial charge is 0.282 e. The molecule has 0 saturated carbocycles. The van der Waals surface area contributed by atoms with Crippen molar-refractivity contribution in [1.82, 2.24) is 14.7 Å². The molecule has 8 heteroatoms. The number of anilines is 1. The van der Waals surface area contributed by atoms with Crippen LogP contribution in [0.15, 0.2) is 60.8 Å². The van der Waals surface area contributed by atoms with Crippen molar-refractivity contribution in [2.24, 2.45) is 7.05 Å². The van der Waals surface area contributed by atoms with E-state index in [4.69, 9.17) is 14.3 Å². The predicted molar refractivity (Wildman–Crippen MR) is 122 cm³/mol. The minimum Gasteiger partial charge on any atom is -0.492 e. The van der Waals surface area contributed by atoms with Gasteiger partial charge in [0.15, 0.2) is 0 Å². The van der Waals surface area contributed by atoms with E-state index in [1.807, 2.05) is 49.5 Å². The molecule has 3 aromatic rings. The summed E-state index contributed by atoms with van der Waals surface area (Å²) in [5.41, 5.74) is 2.88. The molecule has 168 valence electrons. The van der Waals surface area contributed by atoms with Gasteiger partial charge >= 0.3 is 0 Å². The van der Waals surface area contributed by atoms with Crippen molar-refractivity contribution in [2.45, 2.75) is 0 Å². The maximum Gasteiger partial charge on any atom is 0.282 e. The number of morpholine rings is 1. The van der Waals surface area contributed by atoms with Crippen molar-refractivity contribution in [3.05, 3.63) is 66.4 Å². The van der Waals surface area contributed by atoms with E-state index in [-0.39, 0.29) is 5.91 Å². The van der Waals surface area contributed by atoms with E-state index >= 15 is 0 Å². The number of ether oxygens (including phenoxy) is 2. The Hall–Kier alpha value is -3.20. The third-order valence-electron chi connectivity index (χ3n) is 5.45. The molecule has 0 atom stereocenters. The van der Waals surface area contributed by atoms with Crippen LogP contribution in [0.3, 0.4) is 0 Å². The molecule has 1 aliphatic heterocycles. The SMILES string of the molecule is CON(C(=O)c1ccccc1)c1ccc(OCCN2CCOCC2)c(-c2ccnn2C)c1. The highest BCUT2D eigenvalue weighted by molar-refractivity contribution is 6.05. The standard InChI is InChI=1S/C24H28N4O4/c1-26-22(10-11-25-26)21-18-20(28(30-2)24(29)19-6-4-3-5-7-19)8-9-23(21)32-17-14-27-12-15-31-16-13-27/h3-11,18H,12-17H2,1-2H3. The molecule has 4 rings (SSSR count). The highest BCUT2D eigenvalue weighted by Gasteiger charge is 2.21. The molecule has 32 heavy (non-hydrogen) atoms. The van der Waals surface area contributed by atoms with Crippen LogP contribution < -0.4 is 9.80 Å². The topological polar surface area (TPSA) is 69.1 Å². The van der Waals surface area contributed by atoms with E-state index in [9.17, 15) is 4.79 Å². The summed E-state index contributed by atoms with van der Waals surface area (Å²) >= 11 is 0. The molecule has 1 saturated heterocycles. The minimum absolute atomic E-state index is 0.245. The first kappa shape index (κ1) is 22.0. The number of hydroxylamine groups is 1. The molecule has 1 fully saturated rings. The summed E-state index contributed by atoms with van der Waals surface area (Å²) < 4.78 is 13.4. The summed E-state index contributed by atoms with van der Waals surface area (Å²) in [5, 5.41) is 5.58. The summed E-state index contributed by atoms with van der Waals surface area (Å²) in [6.07, 6.45) is 1.74. The second-order valence-electron chi connectivity index (χ2n) is 7.47. The van der Waals surface area contributed by atoms with Gasteiger partial charge in [-0.15, -0.1) is 0 Å². The van der Waals surface area contributed by atoms with Gasteiger partial charge in [-0.25, -0.2) is 0 Å². The predicted octanol–water partition coefficient (Wildman–Crippen LogP) is 3.01. The van der Waals surface area contributed by atoms with Crippen molar-refractivity contribution in [2.75, 3.05) is 51.6 Å². The monoisotopic (exact) mass is 436 g/mol. The number of benzene rings is 2. The summed E-state index contributed by atoms with van der Waals surface area (Å²) in [6.45, 7) is 4.74. The molecule has 0 bridgehead atoms. The van der Waals surface area contributed by atoms with Crippen molar-refractivity contribution in [3.63, 3.8) is 0 Å². The van der Waals surface area contributed by atoms with Crippen LogP contribution in [-0.4, -0.2) is 67.2 Å². The van der Waals surface area contributed by atoms with Gasteiger partial charge in [-0.1, -0.05) is 18.2 Å². The average molecular weight is 437 g/mol. The van der Waals surface area contributed by atoms with Crippen LogP contribution in [0.1, 0.15) is 10.4 Å².